The largest absolute Gasteiger partial charge is 0.431 e. The fourth-order valence-electron chi connectivity index (χ4n) is 3.04. The molecule has 1 aliphatic heterocycles. The molecule has 2 aromatic heterocycles. The van der Waals surface area contributed by atoms with Crippen molar-refractivity contribution in [3.8, 4) is 17.0 Å². The van der Waals surface area contributed by atoms with Crippen LogP contribution >= 0.6 is 0 Å². The summed E-state index contributed by atoms with van der Waals surface area (Å²) in [6.07, 6.45) is 3.56. The molecule has 26 heavy (non-hydrogen) atoms. The molecule has 2 aromatic rings. The van der Waals surface area contributed by atoms with Crippen molar-refractivity contribution < 1.29 is 17.9 Å². The second-order valence-electron chi connectivity index (χ2n) is 6.50. The number of pyridine rings is 1. The topological polar surface area (TPSA) is 77.2 Å². The number of aromatic nitrogens is 3. The minimum atomic E-state index is -3.01. The molecule has 9 heteroatoms. The van der Waals surface area contributed by atoms with Gasteiger partial charge in [0.25, 0.3) is 0 Å². The van der Waals surface area contributed by atoms with E-state index in [1.807, 2.05) is 0 Å². The summed E-state index contributed by atoms with van der Waals surface area (Å²) in [6.45, 7) is -2.42. The van der Waals surface area contributed by atoms with Crippen LogP contribution in [0, 0.1) is 0 Å². The van der Waals surface area contributed by atoms with Gasteiger partial charge >= 0.3 is 6.61 Å². The average Bonchev–Trinajstić information content (AvgIpc) is 3.37. The molecule has 1 atom stereocenters. The summed E-state index contributed by atoms with van der Waals surface area (Å²) in [4.78, 5) is 14.6. The highest BCUT2D eigenvalue weighted by molar-refractivity contribution is 5.66. The van der Waals surface area contributed by atoms with Gasteiger partial charge in [-0.1, -0.05) is 0 Å². The zero-order valence-electron chi connectivity index (χ0n) is 13.9. The first kappa shape index (κ1) is 16.9. The molecule has 138 valence electrons. The summed E-state index contributed by atoms with van der Waals surface area (Å²) in [5.74, 6) is 1.07. The van der Waals surface area contributed by atoms with E-state index in [2.05, 4.69) is 19.7 Å². The number of anilines is 2. The lowest BCUT2D eigenvalue weighted by Crippen LogP contribution is -2.26. The summed E-state index contributed by atoms with van der Waals surface area (Å²) >= 11 is 0. The lowest BCUT2D eigenvalue weighted by atomic mass is 10.2. The van der Waals surface area contributed by atoms with E-state index < -0.39 is 12.9 Å². The predicted octanol–water partition coefficient (Wildman–Crippen LogP) is 3.50. The maximum Gasteiger partial charge on any atom is 0.387 e. The molecule has 0 radical (unpaired) electrons. The van der Waals surface area contributed by atoms with E-state index in [4.69, 9.17) is 5.73 Å². The number of ether oxygens (including phenoxy) is 1. The second-order valence-corrected chi connectivity index (χ2v) is 6.50. The van der Waals surface area contributed by atoms with E-state index in [0.717, 1.165) is 19.3 Å². The van der Waals surface area contributed by atoms with Crippen LogP contribution in [0.5, 0.6) is 5.75 Å². The number of nitrogens with zero attached hydrogens (tertiary/aromatic N) is 4. The number of nitrogens with two attached hydrogens (primary N) is 1. The van der Waals surface area contributed by atoms with Gasteiger partial charge in [0.1, 0.15) is 11.6 Å². The van der Waals surface area contributed by atoms with Crippen LogP contribution in [0.15, 0.2) is 18.3 Å². The number of halogens is 3. The van der Waals surface area contributed by atoms with Gasteiger partial charge in [0.15, 0.2) is 17.9 Å². The van der Waals surface area contributed by atoms with Gasteiger partial charge in [-0.2, -0.15) is 8.78 Å². The monoisotopic (exact) mass is 365 g/mol. The predicted molar refractivity (Wildman–Crippen MR) is 89.8 cm³/mol. The summed E-state index contributed by atoms with van der Waals surface area (Å²) < 4.78 is 43.6. The van der Waals surface area contributed by atoms with E-state index in [1.54, 1.807) is 11.0 Å². The second kappa shape index (κ2) is 6.62. The molecule has 1 aliphatic carbocycles. The normalized spacial score (nSPS) is 20.0. The van der Waals surface area contributed by atoms with Crippen molar-refractivity contribution >= 4 is 11.6 Å². The van der Waals surface area contributed by atoms with E-state index in [-0.39, 0.29) is 17.5 Å². The third kappa shape index (κ3) is 3.38. The number of nitrogen functional groups attached to an aromatic ring is 1. The maximum absolute atomic E-state index is 14.2. The number of hydrogen-bond donors (Lipinski definition) is 1. The van der Waals surface area contributed by atoms with E-state index >= 15 is 0 Å². The smallest absolute Gasteiger partial charge is 0.387 e. The third-order valence-corrected chi connectivity index (χ3v) is 4.54. The van der Waals surface area contributed by atoms with Crippen LogP contribution in [0.1, 0.15) is 37.4 Å². The molecular formula is C17H18F3N5O. The van der Waals surface area contributed by atoms with Crippen LogP contribution in [-0.4, -0.2) is 34.4 Å². The van der Waals surface area contributed by atoms with Crippen molar-refractivity contribution in [2.24, 2.45) is 0 Å². The van der Waals surface area contributed by atoms with E-state index in [9.17, 15) is 13.2 Å². The first-order valence-electron chi connectivity index (χ1n) is 8.51. The van der Waals surface area contributed by atoms with Crippen LogP contribution in [0.4, 0.5) is 24.8 Å². The van der Waals surface area contributed by atoms with Crippen molar-refractivity contribution in [1.82, 2.24) is 15.0 Å². The third-order valence-electron chi connectivity index (χ3n) is 4.54. The van der Waals surface area contributed by atoms with Gasteiger partial charge in [0.2, 0.25) is 0 Å². The molecule has 6 nitrogen and oxygen atoms in total. The molecule has 0 bridgehead atoms. The Kier molecular flexibility index (Phi) is 4.29. The Balaban J connectivity index is 1.74. The van der Waals surface area contributed by atoms with E-state index in [1.165, 1.54) is 12.3 Å². The average molecular weight is 365 g/mol. The Labute approximate surface area is 148 Å². The van der Waals surface area contributed by atoms with Gasteiger partial charge in [0.05, 0.1) is 5.69 Å². The Morgan fingerprint density at radius 2 is 2.00 bits per heavy atom. The molecule has 4 rings (SSSR count). The Bertz CT molecular complexity index is 815. The van der Waals surface area contributed by atoms with Crippen molar-refractivity contribution in [3.63, 3.8) is 0 Å². The Morgan fingerprint density at radius 1 is 1.19 bits per heavy atom. The van der Waals surface area contributed by atoms with Crippen molar-refractivity contribution in [2.75, 3.05) is 17.2 Å². The highest BCUT2D eigenvalue weighted by Crippen LogP contribution is 2.40. The van der Waals surface area contributed by atoms with Crippen LogP contribution in [0.2, 0.25) is 0 Å². The summed E-state index contributed by atoms with van der Waals surface area (Å²) in [5.41, 5.74) is 6.55. The fraction of sp³-hybridized carbons (Fsp3) is 0.471. The van der Waals surface area contributed by atoms with Gasteiger partial charge in [-0.25, -0.2) is 19.3 Å². The van der Waals surface area contributed by atoms with Gasteiger partial charge in [0, 0.05) is 30.3 Å². The SMILES string of the molecule is Nc1ncc(-c2cc(N3CCC[C@H]3F)nc(C3CC3)n2)cc1OC(F)F. The highest BCUT2D eigenvalue weighted by atomic mass is 19.3. The lowest BCUT2D eigenvalue weighted by Gasteiger charge is -2.21. The summed E-state index contributed by atoms with van der Waals surface area (Å²) in [6, 6.07) is 3.03. The minimum Gasteiger partial charge on any atom is -0.431 e. The molecule has 0 aromatic carbocycles. The quantitative estimate of drug-likeness (QED) is 0.818. The number of hydrogen-bond acceptors (Lipinski definition) is 6. The molecule has 0 spiro atoms. The van der Waals surface area contributed by atoms with Crippen LogP contribution in [-0.2, 0) is 0 Å². The number of rotatable bonds is 5. The molecule has 2 N–H and O–H groups in total. The summed E-state index contributed by atoms with van der Waals surface area (Å²) in [5, 5.41) is 0. The molecule has 2 aliphatic rings. The highest BCUT2D eigenvalue weighted by Gasteiger charge is 2.31. The van der Waals surface area contributed by atoms with Crippen molar-refractivity contribution in [2.45, 2.75) is 44.5 Å². The van der Waals surface area contributed by atoms with Crippen LogP contribution in [0.25, 0.3) is 11.3 Å². The number of alkyl halides is 3. The molecule has 1 saturated carbocycles. The summed E-state index contributed by atoms with van der Waals surface area (Å²) in [7, 11) is 0. The molecule has 0 unspecified atom stereocenters. The molecule has 2 fully saturated rings. The van der Waals surface area contributed by atoms with Crippen LogP contribution < -0.4 is 15.4 Å². The molecular weight excluding hydrogens is 347 g/mol. The Morgan fingerprint density at radius 3 is 2.65 bits per heavy atom. The molecule has 1 saturated heterocycles. The zero-order chi connectivity index (χ0) is 18.3. The maximum atomic E-state index is 14.2. The lowest BCUT2D eigenvalue weighted by molar-refractivity contribution is -0.0494. The molecule has 0 amide bonds. The van der Waals surface area contributed by atoms with E-state index in [0.29, 0.717) is 35.9 Å². The first-order valence-corrected chi connectivity index (χ1v) is 8.51. The van der Waals surface area contributed by atoms with Crippen molar-refractivity contribution in [1.29, 1.82) is 0 Å². The fourth-order valence-corrected chi connectivity index (χ4v) is 3.04. The van der Waals surface area contributed by atoms with Gasteiger partial charge < -0.3 is 15.4 Å². The first-order chi connectivity index (χ1) is 12.5. The zero-order valence-corrected chi connectivity index (χ0v) is 13.9. The van der Waals surface area contributed by atoms with Crippen molar-refractivity contribution in [3.05, 3.63) is 24.2 Å². The van der Waals surface area contributed by atoms with Gasteiger partial charge in [-0.3, -0.25) is 0 Å². The van der Waals surface area contributed by atoms with Crippen LogP contribution in [0.3, 0.4) is 0 Å². The van der Waals surface area contributed by atoms with Gasteiger partial charge in [-0.05, 0) is 31.7 Å². The molecule has 3 heterocycles. The Hall–Kier alpha value is -2.58. The van der Waals surface area contributed by atoms with Gasteiger partial charge in [-0.15, -0.1) is 0 Å². The standard InChI is InChI=1S/C17H18F3N5O/c18-13-2-1-5-25(13)14-7-11(23-16(24-14)9-3-4-9)10-6-12(26-17(19)20)15(21)22-8-10/h6-9,13,17H,1-5H2,(H2,21,22)/t13-/m0/s1. The minimum absolute atomic E-state index is 0.130.